The molecule has 0 N–H and O–H groups in total. The lowest BCUT2D eigenvalue weighted by atomic mass is 9.98. The summed E-state index contributed by atoms with van der Waals surface area (Å²) in [6.45, 7) is 2.05. The fourth-order valence-corrected chi connectivity index (χ4v) is 5.20. The molecule has 0 spiro atoms. The second-order valence-electron chi connectivity index (χ2n) is 8.68. The normalized spacial score (nSPS) is 16.8. The van der Waals surface area contributed by atoms with Gasteiger partial charge in [-0.3, -0.25) is 9.59 Å². The molecule has 39 heavy (non-hydrogen) atoms. The van der Waals surface area contributed by atoms with Crippen molar-refractivity contribution in [2.75, 3.05) is 32.8 Å². The van der Waals surface area contributed by atoms with Gasteiger partial charge in [0.05, 0.1) is 51.6 Å². The molecule has 2 atom stereocenters. The van der Waals surface area contributed by atoms with Gasteiger partial charge < -0.3 is 28.6 Å². The van der Waals surface area contributed by atoms with Crippen LogP contribution >= 0.6 is 27.5 Å². The molecule has 0 saturated carbocycles. The molecule has 3 aromatic rings. The Balaban J connectivity index is 1.88. The fraction of sp³-hybridized carbons (Fsp3) is 0.310. The number of carbonyl (C=O) groups excluding carboxylic acids is 2. The first kappa shape index (κ1) is 28.7. The number of amides is 1. The zero-order valence-corrected chi connectivity index (χ0v) is 24.4. The van der Waals surface area contributed by atoms with Crippen LogP contribution in [0.15, 0.2) is 59.1 Å². The number of ether oxygens (including phenoxy) is 5. The number of rotatable bonds is 9. The zero-order valence-electron chi connectivity index (χ0n) is 22.0. The molecule has 10 heteroatoms. The van der Waals surface area contributed by atoms with Gasteiger partial charge in [-0.15, -0.1) is 0 Å². The summed E-state index contributed by atoms with van der Waals surface area (Å²) >= 11 is 10.3. The summed E-state index contributed by atoms with van der Waals surface area (Å²) in [5.41, 5.74) is 2.64. The summed E-state index contributed by atoms with van der Waals surface area (Å²) in [7, 11) is 4.66. The monoisotopic (exact) mass is 617 g/mol. The van der Waals surface area contributed by atoms with Gasteiger partial charge in [0, 0.05) is 27.2 Å². The van der Waals surface area contributed by atoms with Crippen LogP contribution in [0.3, 0.4) is 0 Å². The minimum atomic E-state index is -1.15. The summed E-state index contributed by atoms with van der Waals surface area (Å²) < 4.78 is 28.8. The third kappa shape index (κ3) is 6.16. The van der Waals surface area contributed by atoms with Crippen LogP contribution in [0.5, 0.6) is 17.2 Å². The predicted octanol–water partition coefficient (Wildman–Crippen LogP) is 6.10. The fourth-order valence-electron chi connectivity index (χ4n) is 4.52. The van der Waals surface area contributed by atoms with Gasteiger partial charge in [0.1, 0.15) is 29.5 Å². The molecule has 8 nitrogen and oxygen atoms in total. The Labute approximate surface area is 240 Å². The van der Waals surface area contributed by atoms with Crippen molar-refractivity contribution in [3.8, 4) is 17.2 Å². The van der Waals surface area contributed by atoms with Crippen molar-refractivity contribution in [2.24, 2.45) is 0 Å². The Bertz CT molecular complexity index is 1370. The first-order valence-electron chi connectivity index (χ1n) is 12.3. The SMILES string of the molecule is CCOC(=O)C[C@H]1O[C@H](c2cccc(OC)c2Cl)c2cc(Br)ccc2N(Cc2ccc(OC)cc2OC)C1=O. The second kappa shape index (κ2) is 12.7. The van der Waals surface area contributed by atoms with E-state index in [4.69, 9.17) is 35.3 Å². The highest BCUT2D eigenvalue weighted by atomic mass is 79.9. The number of anilines is 1. The quantitative estimate of drug-likeness (QED) is 0.268. The summed E-state index contributed by atoms with van der Waals surface area (Å²) in [5.74, 6) is 0.705. The number of halogens is 2. The molecule has 1 aliphatic heterocycles. The third-order valence-corrected chi connectivity index (χ3v) is 7.28. The van der Waals surface area contributed by atoms with Gasteiger partial charge in [-0.05, 0) is 43.3 Å². The first-order valence-corrected chi connectivity index (χ1v) is 13.4. The molecule has 1 amide bonds. The highest BCUT2D eigenvalue weighted by molar-refractivity contribution is 9.10. The predicted molar refractivity (Wildman–Crippen MR) is 151 cm³/mol. The molecule has 1 heterocycles. The maximum Gasteiger partial charge on any atom is 0.308 e. The van der Waals surface area contributed by atoms with Gasteiger partial charge in [-0.25, -0.2) is 0 Å². The Morgan fingerprint density at radius 2 is 1.77 bits per heavy atom. The molecule has 0 aromatic heterocycles. The van der Waals surface area contributed by atoms with E-state index in [2.05, 4.69) is 15.9 Å². The number of benzene rings is 3. The van der Waals surface area contributed by atoms with E-state index in [1.165, 1.54) is 7.11 Å². The van der Waals surface area contributed by atoms with Gasteiger partial charge in [0.25, 0.3) is 5.91 Å². The van der Waals surface area contributed by atoms with Crippen LogP contribution in [-0.2, 0) is 25.6 Å². The largest absolute Gasteiger partial charge is 0.497 e. The van der Waals surface area contributed by atoms with E-state index in [0.717, 1.165) is 10.0 Å². The van der Waals surface area contributed by atoms with Crippen LogP contribution < -0.4 is 19.1 Å². The number of hydrogen-bond acceptors (Lipinski definition) is 7. The number of carbonyl (C=O) groups is 2. The van der Waals surface area contributed by atoms with Crippen molar-refractivity contribution in [2.45, 2.75) is 32.1 Å². The highest BCUT2D eigenvalue weighted by Crippen LogP contribution is 2.44. The number of methoxy groups -OCH3 is 3. The van der Waals surface area contributed by atoms with E-state index in [0.29, 0.717) is 39.1 Å². The zero-order chi connectivity index (χ0) is 28.1. The Kier molecular flexibility index (Phi) is 9.37. The molecule has 0 unspecified atom stereocenters. The van der Waals surface area contributed by atoms with E-state index in [-0.39, 0.29) is 19.6 Å². The van der Waals surface area contributed by atoms with Gasteiger partial charge in [0.15, 0.2) is 0 Å². The maximum absolute atomic E-state index is 14.1. The van der Waals surface area contributed by atoms with E-state index in [1.54, 1.807) is 50.3 Å². The molecule has 1 aliphatic rings. The molecular weight excluding hydrogens is 590 g/mol. The van der Waals surface area contributed by atoms with Crippen molar-refractivity contribution in [1.29, 1.82) is 0 Å². The van der Waals surface area contributed by atoms with Gasteiger partial charge in [0.2, 0.25) is 0 Å². The van der Waals surface area contributed by atoms with E-state index < -0.39 is 24.1 Å². The van der Waals surface area contributed by atoms with Gasteiger partial charge in [-0.2, -0.15) is 0 Å². The van der Waals surface area contributed by atoms with Crippen LogP contribution in [0.1, 0.15) is 36.1 Å². The average molecular weight is 619 g/mol. The minimum Gasteiger partial charge on any atom is -0.497 e. The molecular formula is C29H29BrClNO7. The lowest BCUT2D eigenvalue weighted by Gasteiger charge is -2.26. The summed E-state index contributed by atoms with van der Waals surface area (Å²) in [6, 6.07) is 16.3. The Morgan fingerprint density at radius 1 is 1.00 bits per heavy atom. The number of esters is 1. The third-order valence-electron chi connectivity index (χ3n) is 6.38. The van der Waals surface area contributed by atoms with Gasteiger partial charge >= 0.3 is 5.97 Å². The summed E-state index contributed by atoms with van der Waals surface area (Å²) in [5, 5.41) is 0.350. The van der Waals surface area contributed by atoms with Crippen molar-refractivity contribution in [3.63, 3.8) is 0 Å². The highest BCUT2D eigenvalue weighted by Gasteiger charge is 2.39. The molecule has 0 fully saturated rings. The van der Waals surface area contributed by atoms with Gasteiger partial charge in [-0.1, -0.05) is 39.7 Å². The number of nitrogens with zero attached hydrogens (tertiary/aromatic N) is 1. The van der Waals surface area contributed by atoms with Crippen molar-refractivity contribution < 1.29 is 33.3 Å². The van der Waals surface area contributed by atoms with E-state index in [9.17, 15) is 9.59 Å². The van der Waals surface area contributed by atoms with Crippen LogP contribution in [0.25, 0.3) is 0 Å². The van der Waals surface area contributed by atoms with Crippen LogP contribution in [0, 0.1) is 0 Å². The van der Waals surface area contributed by atoms with E-state index >= 15 is 0 Å². The van der Waals surface area contributed by atoms with Crippen LogP contribution in [-0.4, -0.2) is 45.9 Å². The lowest BCUT2D eigenvalue weighted by Crippen LogP contribution is -2.40. The standard InChI is InChI=1S/C29H29BrClNO7/c1-5-38-26(33)15-25-29(34)32(16-17-9-11-19(35-2)14-24(17)37-4)22-12-10-18(30)13-21(22)28(39-25)20-7-6-8-23(36-3)27(20)31/h6-14,25,28H,5,15-16H2,1-4H3/t25-,28-/m1/s1. The molecule has 0 radical (unpaired) electrons. The smallest absolute Gasteiger partial charge is 0.308 e. The lowest BCUT2D eigenvalue weighted by molar-refractivity contribution is -0.151. The topological polar surface area (TPSA) is 83.5 Å². The molecule has 4 rings (SSSR count). The van der Waals surface area contributed by atoms with E-state index in [1.807, 2.05) is 30.3 Å². The van der Waals surface area contributed by atoms with Crippen molar-refractivity contribution in [1.82, 2.24) is 0 Å². The molecule has 206 valence electrons. The molecule has 3 aromatic carbocycles. The Hall–Kier alpha value is -3.27. The first-order chi connectivity index (χ1) is 18.8. The minimum absolute atomic E-state index is 0.155. The summed E-state index contributed by atoms with van der Waals surface area (Å²) in [4.78, 5) is 28.3. The Morgan fingerprint density at radius 3 is 2.46 bits per heavy atom. The van der Waals surface area contributed by atoms with Crippen molar-refractivity contribution in [3.05, 3.63) is 80.8 Å². The van der Waals surface area contributed by atoms with Crippen LogP contribution in [0.4, 0.5) is 5.69 Å². The van der Waals surface area contributed by atoms with Crippen LogP contribution in [0.2, 0.25) is 5.02 Å². The average Bonchev–Trinajstić information content (AvgIpc) is 3.04. The molecule has 0 bridgehead atoms. The maximum atomic E-state index is 14.1. The van der Waals surface area contributed by atoms with Crippen molar-refractivity contribution >= 4 is 45.1 Å². The number of fused-ring (bicyclic) bond motifs is 1. The second-order valence-corrected chi connectivity index (χ2v) is 9.98. The molecule has 0 saturated heterocycles. The molecule has 0 aliphatic carbocycles. The number of hydrogen-bond donors (Lipinski definition) is 0. The summed E-state index contributed by atoms with van der Waals surface area (Å²) in [6.07, 6.45) is -2.20.